The molecule has 0 spiro atoms. The van der Waals surface area contributed by atoms with E-state index < -0.39 is 11.9 Å². The van der Waals surface area contributed by atoms with Crippen LogP contribution in [0.25, 0.3) is 6.08 Å². The van der Waals surface area contributed by atoms with Gasteiger partial charge in [-0.2, -0.15) is 0 Å². The number of anilines is 1. The first kappa shape index (κ1) is 15.8. The number of rotatable bonds is 4. The lowest BCUT2D eigenvalue weighted by molar-refractivity contribution is -0.111. The van der Waals surface area contributed by atoms with E-state index in [1.165, 1.54) is 35.6 Å². The summed E-state index contributed by atoms with van der Waals surface area (Å²) >= 11 is 10.7. The SMILES string of the molecule is O=C(/C=C/c1ccc(Br)s1)Nc1c(Cl)cccc1C(=O)O. The zero-order valence-electron chi connectivity index (χ0n) is 10.5. The molecular weight excluding hydrogens is 378 g/mol. The zero-order chi connectivity index (χ0) is 15.4. The molecule has 1 aromatic heterocycles. The van der Waals surface area contributed by atoms with Gasteiger partial charge < -0.3 is 10.4 Å². The maximum atomic E-state index is 11.9. The van der Waals surface area contributed by atoms with Crippen LogP contribution in [-0.2, 0) is 4.79 Å². The van der Waals surface area contributed by atoms with Crippen LogP contribution < -0.4 is 5.32 Å². The average molecular weight is 387 g/mol. The molecule has 2 N–H and O–H groups in total. The molecule has 0 aliphatic carbocycles. The Morgan fingerprint density at radius 2 is 2.05 bits per heavy atom. The second-order valence-electron chi connectivity index (χ2n) is 3.93. The van der Waals surface area contributed by atoms with E-state index in [1.54, 1.807) is 6.08 Å². The van der Waals surface area contributed by atoms with Gasteiger partial charge in [0, 0.05) is 11.0 Å². The molecule has 0 aliphatic rings. The minimum Gasteiger partial charge on any atom is -0.478 e. The lowest BCUT2D eigenvalue weighted by Crippen LogP contribution is -2.12. The van der Waals surface area contributed by atoms with Gasteiger partial charge in [-0.3, -0.25) is 4.79 Å². The number of carbonyl (C=O) groups excluding carboxylic acids is 1. The number of benzene rings is 1. The molecule has 1 heterocycles. The smallest absolute Gasteiger partial charge is 0.337 e. The van der Waals surface area contributed by atoms with Gasteiger partial charge in [0.15, 0.2) is 0 Å². The van der Waals surface area contributed by atoms with Crippen molar-refractivity contribution in [2.45, 2.75) is 0 Å². The fourth-order valence-corrected chi connectivity index (χ4v) is 3.12. The van der Waals surface area contributed by atoms with Gasteiger partial charge in [0.2, 0.25) is 5.91 Å². The Bertz CT molecular complexity index is 727. The summed E-state index contributed by atoms with van der Waals surface area (Å²) in [7, 11) is 0. The van der Waals surface area contributed by atoms with Crippen LogP contribution in [0.5, 0.6) is 0 Å². The first-order valence-corrected chi connectivity index (χ1v) is 7.72. The van der Waals surface area contributed by atoms with Gasteiger partial charge in [-0.1, -0.05) is 17.7 Å². The minimum absolute atomic E-state index is 0.0527. The molecule has 2 aromatic rings. The van der Waals surface area contributed by atoms with Crippen molar-refractivity contribution in [1.82, 2.24) is 0 Å². The molecule has 7 heteroatoms. The molecule has 0 atom stereocenters. The normalized spacial score (nSPS) is 10.8. The Labute approximate surface area is 138 Å². The molecule has 0 aliphatic heterocycles. The van der Waals surface area contributed by atoms with Gasteiger partial charge in [0.1, 0.15) is 0 Å². The quantitative estimate of drug-likeness (QED) is 0.760. The predicted molar refractivity (Wildman–Crippen MR) is 88.1 cm³/mol. The highest BCUT2D eigenvalue weighted by Gasteiger charge is 2.14. The Morgan fingerprint density at radius 3 is 2.67 bits per heavy atom. The van der Waals surface area contributed by atoms with Crippen LogP contribution in [-0.4, -0.2) is 17.0 Å². The molecule has 0 radical (unpaired) electrons. The molecule has 21 heavy (non-hydrogen) atoms. The van der Waals surface area contributed by atoms with Crippen LogP contribution in [0.1, 0.15) is 15.2 Å². The van der Waals surface area contributed by atoms with Crippen molar-refractivity contribution < 1.29 is 14.7 Å². The number of nitrogens with one attached hydrogen (secondary N) is 1. The number of carboxylic acid groups (broad SMARTS) is 1. The van der Waals surface area contributed by atoms with E-state index in [9.17, 15) is 9.59 Å². The Morgan fingerprint density at radius 1 is 1.29 bits per heavy atom. The van der Waals surface area contributed by atoms with E-state index in [0.717, 1.165) is 8.66 Å². The number of aromatic carboxylic acids is 1. The number of thiophene rings is 1. The molecule has 0 bridgehead atoms. The van der Waals surface area contributed by atoms with Crippen molar-refractivity contribution in [3.63, 3.8) is 0 Å². The van der Waals surface area contributed by atoms with Gasteiger partial charge in [-0.15, -0.1) is 11.3 Å². The van der Waals surface area contributed by atoms with Crippen LogP contribution in [0.4, 0.5) is 5.69 Å². The lowest BCUT2D eigenvalue weighted by Gasteiger charge is -2.08. The number of hydrogen-bond donors (Lipinski definition) is 2. The fourth-order valence-electron chi connectivity index (χ4n) is 1.57. The summed E-state index contributed by atoms with van der Waals surface area (Å²) in [6.45, 7) is 0. The summed E-state index contributed by atoms with van der Waals surface area (Å²) in [5.74, 6) is -1.60. The molecule has 0 saturated heterocycles. The molecule has 0 saturated carbocycles. The maximum Gasteiger partial charge on any atom is 0.337 e. The Kier molecular flexibility index (Phi) is 5.17. The van der Waals surface area contributed by atoms with Crippen LogP contribution in [0.15, 0.2) is 40.2 Å². The van der Waals surface area contributed by atoms with E-state index >= 15 is 0 Å². The van der Waals surface area contributed by atoms with Crippen molar-refractivity contribution >= 4 is 62.5 Å². The summed E-state index contributed by atoms with van der Waals surface area (Å²) in [5, 5.41) is 11.8. The molecule has 4 nitrogen and oxygen atoms in total. The highest BCUT2D eigenvalue weighted by molar-refractivity contribution is 9.11. The minimum atomic E-state index is -1.15. The van der Waals surface area contributed by atoms with Gasteiger partial charge >= 0.3 is 5.97 Å². The van der Waals surface area contributed by atoms with Gasteiger partial charge in [0.25, 0.3) is 0 Å². The topological polar surface area (TPSA) is 66.4 Å². The summed E-state index contributed by atoms with van der Waals surface area (Å²) in [4.78, 5) is 23.9. The highest BCUT2D eigenvalue weighted by atomic mass is 79.9. The summed E-state index contributed by atoms with van der Waals surface area (Å²) in [5.41, 5.74) is 0.0387. The average Bonchev–Trinajstić information content (AvgIpc) is 2.84. The van der Waals surface area contributed by atoms with E-state index in [4.69, 9.17) is 16.7 Å². The van der Waals surface area contributed by atoms with Crippen molar-refractivity contribution in [2.24, 2.45) is 0 Å². The van der Waals surface area contributed by atoms with Crippen LogP contribution in [0, 0.1) is 0 Å². The number of carbonyl (C=O) groups is 2. The molecule has 108 valence electrons. The van der Waals surface area contributed by atoms with E-state index in [-0.39, 0.29) is 16.3 Å². The van der Waals surface area contributed by atoms with Crippen molar-refractivity contribution in [3.8, 4) is 0 Å². The first-order valence-electron chi connectivity index (χ1n) is 5.73. The number of para-hydroxylation sites is 1. The second-order valence-corrected chi connectivity index (χ2v) is 6.83. The molecule has 0 fully saturated rings. The first-order chi connectivity index (χ1) is 9.97. The summed E-state index contributed by atoms with van der Waals surface area (Å²) in [6.07, 6.45) is 2.97. The van der Waals surface area contributed by atoms with Crippen LogP contribution in [0.2, 0.25) is 5.02 Å². The van der Waals surface area contributed by atoms with Gasteiger partial charge in [-0.05, 0) is 46.3 Å². The fraction of sp³-hybridized carbons (Fsp3) is 0. The maximum absolute atomic E-state index is 11.9. The number of halogens is 2. The zero-order valence-corrected chi connectivity index (χ0v) is 13.6. The monoisotopic (exact) mass is 385 g/mol. The molecule has 1 amide bonds. The highest BCUT2D eigenvalue weighted by Crippen LogP contribution is 2.26. The third kappa shape index (κ3) is 4.17. The van der Waals surface area contributed by atoms with Crippen molar-refractivity contribution in [3.05, 3.63) is 55.7 Å². The summed E-state index contributed by atoms with van der Waals surface area (Å²) in [6, 6.07) is 8.14. The van der Waals surface area contributed by atoms with Crippen molar-refractivity contribution in [2.75, 3.05) is 5.32 Å². The van der Waals surface area contributed by atoms with E-state index in [2.05, 4.69) is 21.2 Å². The third-order valence-corrected chi connectivity index (χ3v) is 4.39. The molecular formula is C14H9BrClNO3S. The van der Waals surface area contributed by atoms with Crippen LogP contribution >= 0.6 is 38.9 Å². The molecule has 1 aromatic carbocycles. The molecule has 2 rings (SSSR count). The Balaban J connectivity index is 2.16. The molecule has 0 unspecified atom stereocenters. The second kappa shape index (κ2) is 6.89. The van der Waals surface area contributed by atoms with Crippen molar-refractivity contribution in [1.29, 1.82) is 0 Å². The third-order valence-electron chi connectivity index (χ3n) is 2.49. The van der Waals surface area contributed by atoms with Gasteiger partial charge in [0.05, 0.1) is 20.1 Å². The lowest BCUT2D eigenvalue weighted by atomic mass is 10.2. The van der Waals surface area contributed by atoms with E-state index in [0.29, 0.717) is 0 Å². The van der Waals surface area contributed by atoms with E-state index in [1.807, 2.05) is 12.1 Å². The van der Waals surface area contributed by atoms with Crippen LogP contribution in [0.3, 0.4) is 0 Å². The standard InChI is InChI=1S/C14H9BrClNO3S/c15-11-6-4-8(21-11)5-7-12(18)17-13-9(14(19)20)2-1-3-10(13)16/h1-7H,(H,17,18)(H,19,20)/b7-5+. The number of carboxylic acids is 1. The predicted octanol–water partition coefficient (Wildman–Crippen LogP) is 4.51. The van der Waals surface area contributed by atoms with Gasteiger partial charge in [-0.25, -0.2) is 4.79 Å². The Hall–Kier alpha value is -1.63. The summed E-state index contributed by atoms with van der Waals surface area (Å²) < 4.78 is 0.960. The number of hydrogen-bond acceptors (Lipinski definition) is 3. The number of amides is 1. The largest absolute Gasteiger partial charge is 0.478 e.